The number of rotatable bonds is 6. The van der Waals surface area contributed by atoms with Crippen LogP contribution in [0, 0.1) is 35.9 Å². The summed E-state index contributed by atoms with van der Waals surface area (Å²) in [5.74, 6) is 4.55. The number of nitrogens with zero attached hydrogens (tertiary/aromatic N) is 1. The van der Waals surface area contributed by atoms with Gasteiger partial charge in [-0.3, -0.25) is 4.79 Å². The Morgan fingerprint density at radius 3 is 2.34 bits per heavy atom. The lowest BCUT2D eigenvalue weighted by molar-refractivity contribution is -0.130. The van der Waals surface area contributed by atoms with Crippen LogP contribution < -0.4 is 5.32 Å². The van der Waals surface area contributed by atoms with Crippen LogP contribution in [0.15, 0.2) is 42.5 Å². The number of carbonyl (C=O) groups is 1. The van der Waals surface area contributed by atoms with E-state index >= 15 is 0 Å². The van der Waals surface area contributed by atoms with E-state index < -0.39 is 0 Å². The first-order chi connectivity index (χ1) is 18.9. The third kappa shape index (κ3) is 5.27. The van der Waals surface area contributed by atoms with Crippen molar-refractivity contribution >= 4 is 49.5 Å². The molecule has 7 heteroatoms. The average Bonchev–Trinajstić information content (AvgIpc) is 3.27. The molecular weight excluding hydrogens is 550 g/mol. The van der Waals surface area contributed by atoms with Crippen LogP contribution >= 0.6 is 27.0 Å². The van der Waals surface area contributed by atoms with Crippen molar-refractivity contribution in [3.8, 4) is 12.3 Å². The van der Waals surface area contributed by atoms with E-state index in [4.69, 9.17) is 6.42 Å². The molecule has 41 heavy (non-hydrogen) atoms. The SMILES string of the molecule is C#CC(=O)N1[C@@H](CCCC)Cc2c([nH]c3ccc(F)cc23)[C@@H]1c1ccc(NC23CC4CC(CC(C4)C2)C3)cc1.S.S. The second-order valence-electron chi connectivity index (χ2n) is 12.9. The molecule has 2 N–H and O–H groups in total. The van der Waals surface area contributed by atoms with Crippen molar-refractivity contribution in [2.24, 2.45) is 17.8 Å². The van der Waals surface area contributed by atoms with Gasteiger partial charge in [0.1, 0.15) is 5.82 Å². The molecule has 4 aliphatic carbocycles. The predicted octanol–water partition coefficient (Wildman–Crippen LogP) is 7.58. The fourth-order valence-corrected chi connectivity index (χ4v) is 9.06. The molecule has 2 heterocycles. The fraction of sp³-hybridized carbons (Fsp3) is 0.500. The second kappa shape index (κ2) is 11.6. The first kappa shape index (κ1) is 29.9. The summed E-state index contributed by atoms with van der Waals surface area (Å²) in [7, 11) is 0. The molecule has 2 atom stereocenters. The number of fused-ring (bicyclic) bond motifs is 3. The zero-order chi connectivity index (χ0) is 26.7. The van der Waals surface area contributed by atoms with Crippen molar-refractivity contribution in [2.45, 2.75) is 88.8 Å². The highest BCUT2D eigenvalue weighted by Gasteiger charge is 2.51. The molecule has 0 spiro atoms. The van der Waals surface area contributed by atoms with Gasteiger partial charge in [-0.2, -0.15) is 27.0 Å². The van der Waals surface area contributed by atoms with E-state index in [0.717, 1.165) is 70.4 Å². The number of aromatic amines is 1. The molecule has 218 valence electrons. The summed E-state index contributed by atoms with van der Waals surface area (Å²) < 4.78 is 14.3. The number of benzene rings is 2. The summed E-state index contributed by atoms with van der Waals surface area (Å²) in [6.45, 7) is 2.16. The molecule has 2 aromatic carbocycles. The number of anilines is 1. The minimum Gasteiger partial charge on any atom is -0.380 e. The van der Waals surface area contributed by atoms with Crippen molar-refractivity contribution < 1.29 is 9.18 Å². The topological polar surface area (TPSA) is 48.1 Å². The Bertz CT molecular complexity index is 1420. The Morgan fingerprint density at radius 1 is 1.07 bits per heavy atom. The first-order valence-corrected chi connectivity index (χ1v) is 14.9. The number of unbranched alkanes of at least 4 members (excludes halogenated alkanes) is 1. The fourth-order valence-electron chi connectivity index (χ4n) is 9.06. The molecule has 1 amide bonds. The van der Waals surface area contributed by atoms with Crippen LogP contribution in [0.1, 0.15) is 87.6 Å². The van der Waals surface area contributed by atoms with Crippen molar-refractivity contribution in [3.05, 3.63) is 65.1 Å². The van der Waals surface area contributed by atoms with E-state index in [1.165, 1.54) is 44.6 Å². The normalized spacial score (nSPS) is 29.3. The van der Waals surface area contributed by atoms with Gasteiger partial charge >= 0.3 is 0 Å². The van der Waals surface area contributed by atoms with Gasteiger partial charge in [0.15, 0.2) is 0 Å². The lowest BCUT2D eigenvalue weighted by atomic mass is 9.53. The molecule has 4 fully saturated rings. The van der Waals surface area contributed by atoms with Crippen LogP contribution in [0.5, 0.6) is 0 Å². The number of H-pyrrole nitrogens is 1. The van der Waals surface area contributed by atoms with Crippen LogP contribution in [0.4, 0.5) is 10.1 Å². The van der Waals surface area contributed by atoms with Crippen LogP contribution in [0.25, 0.3) is 10.9 Å². The molecule has 0 unspecified atom stereocenters. The zero-order valence-electron chi connectivity index (χ0n) is 23.8. The van der Waals surface area contributed by atoms with E-state index in [9.17, 15) is 9.18 Å². The Hall–Kier alpha value is -2.56. The van der Waals surface area contributed by atoms with Crippen LogP contribution in [0.3, 0.4) is 0 Å². The minimum absolute atomic E-state index is 0. The van der Waals surface area contributed by atoms with Gasteiger partial charge in [-0.1, -0.05) is 31.9 Å². The van der Waals surface area contributed by atoms with E-state index in [2.05, 4.69) is 47.4 Å². The summed E-state index contributed by atoms with van der Waals surface area (Å²) in [5, 5.41) is 4.89. The number of terminal acetylenes is 1. The number of hydrogen-bond acceptors (Lipinski definition) is 2. The maximum absolute atomic E-state index is 14.3. The minimum atomic E-state index is -0.330. The van der Waals surface area contributed by atoms with Crippen molar-refractivity contribution in [2.75, 3.05) is 5.32 Å². The summed E-state index contributed by atoms with van der Waals surface area (Å²) in [5.41, 5.74) is 5.39. The lowest BCUT2D eigenvalue weighted by Gasteiger charge is -2.57. The number of amides is 1. The van der Waals surface area contributed by atoms with Gasteiger partial charge in [-0.25, -0.2) is 4.39 Å². The maximum Gasteiger partial charge on any atom is 0.299 e. The highest BCUT2D eigenvalue weighted by atomic mass is 32.1. The van der Waals surface area contributed by atoms with E-state index in [1.54, 1.807) is 12.1 Å². The highest BCUT2D eigenvalue weighted by Crippen LogP contribution is 2.56. The predicted molar refractivity (Wildman–Crippen MR) is 175 cm³/mol. The second-order valence-corrected chi connectivity index (χ2v) is 12.9. The van der Waals surface area contributed by atoms with Crippen LogP contribution in [-0.4, -0.2) is 27.4 Å². The monoisotopic (exact) mass is 591 g/mol. The van der Waals surface area contributed by atoms with Gasteiger partial charge in [0.2, 0.25) is 0 Å². The van der Waals surface area contributed by atoms with E-state index in [1.807, 2.05) is 4.90 Å². The number of carbonyl (C=O) groups excluding carboxylic acids is 1. The molecule has 3 aromatic rings. The Labute approximate surface area is 257 Å². The maximum atomic E-state index is 14.3. The van der Waals surface area contributed by atoms with Crippen LogP contribution in [-0.2, 0) is 11.2 Å². The number of halogens is 1. The Morgan fingerprint density at radius 2 is 1.73 bits per heavy atom. The first-order valence-electron chi connectivity index (χ1n) is 14.9. The molecule has 1 aliphatic heterocycles. The zero-order valence-corrected chi connectivity index (χ0v) is 25.8. The average molecular weight is 592 g/mol. The third-order valence-corrected chi connectivity index (χ3v) is 10.2. The van der Waals surface area contributed by atoms with Gasteiger partial charge in [0, 0.05) is 33.9 Å². The highest BCUT2D eigenvalue weighted by molar-refractivity contribution is 7.59. The molecule has 5 aliphatic rings. The molecular formula is C34H42FN3OS2. The third-order valence-electron chi connectivity index (χ3n) is 10.2. The summed E-state index contributed by atoms with van der Waals surface area (Å²) in [6.07, 6.45) is 17.5. The summed E-state index contributed by atoms with van der Waals surface area (Å²) >= 11 is 0. The summed E-state index contributed by atoms with van der Waals surface area (Å²) in [6, 6.07) is 13.2. The molecule has 0 saturated heterocycles. The molecule has 1 aromatic heterocycles. The molecule has 4 nitrogen and oxygen atoms in total. The smallest absolute Gasteiger partial charge is 0.299 e. The van der Waals surface area contributed by atoms with Gasteiger partial charge in [0.05, 0.1) is 6.04 Å². The molecule has 0 radical (unpaired) electrons. The van der Waals surface area contributed by atoms with Gasteiger partial charge in [-0.05, 0) is 116 Å². The van der Waals surface area contributed by atoms with Gasteiger partial charge in [-0.15, -0.1) is 6.42 Å². The Balaban J connectivity index is 0.00000169. The quantitative estimate of drug-likeness (QED) is 0.290. The largest absolute Gasteiger partial charge is 0.380 e. The van der Waals surface area contributed by atoms with Crippen molar-refractivity contribution in [3.63, 3.8) is 0 Å². The lowest BCUT2D eigenvalue weighted by Crippen LogP contribution is -2.54. The number of nitrogens with one attached hydrogen (secondary N) is 2. The van der Waals surface area contributed by atoms with E-state index in [0.29, 0.717) is 6.42 Å². The standard InChI is InChI=1S/C34H38FN3O.2H2S/c1-3-5-6-27-17-29-28-16-25(35)9-12-30(28)36-32(29)33(38(27)31(39)4-2)24-7-10-26(11-8-24)37-34-18-21-13-22(19-34)15-23(14-21)20-34;;/h2,7-12,16,21-23,27,33,36-37H,3,5-6,13-15,17-20H2,1H3;2*1H2/t21?,22?,23?,27-,33-,34?;;/m0../s1. The number of hydrogen-bond donors (Lipinski definition) is 2. The van der Waals surface area contributed by atoms with Gasteiger partial charge in [0.25, 0.3) is 5.91 Å². The van der Waals surface area contributed by atoms with Crippen molar-refractivity contribution in [1.29, 1.82) is 0 Å². The molecule has 4 saturated carbocycles. The Kier molecular flexibility index (Phi) is 8.47. The van der Waals surface area contributed by atoms with Gasteiger partial charge < -0.3 is 15.2 Å². The molecule has 4 bridgehead atoms. The summed E-state index contributed by atoms with van der Waals surface area (Å²) in [4.78, 5) is 18.7. The molecule has 8 rings (SSSR count). The van der Waals surface area contributed by atoms with Crippen LogP contribution in [0.2, 0.25) is 0 Å². The van der Waals surface area contributed by atoms with E-state index in [-0.39, 0.29) is 56.3 Å². The van der Waals surface area contributed by atoms with Crippen molar-refractivity contribution in [1.82, 2.24) is 9.88 Å². The number of aromatic nitrogens is 1.